The van der Waals surface area contributed by atoms with Crippen LogP contribution in [-0.2, 0) is 13.6 Å². The van der Waals surface area contributed by atoms with Gasteiger partial charge in [0.05, 0.1) is 16.7 Å². The molecule has 176 valence electrons. The number of amides is 2. The van der Waals surface area contributed by atoms with Crippen LogP contribution in [0.1, 0.15) is 36.5 Å². The summed E-state index contributed by atoms with van der Waals surface area (Å²) in [6, 6.07) is 15.8. The van der Waals surface area contributed by atoms with Crippen LogP contribution in [0.4, 0.5) is 4.79 Å². The molecule has 2 N–H and O–H groups in total. The zero-order valence-electron chi connectivity index (χ0n) is 19.5. The van der Waals surface area contributed by atoms with Crippen molar-refractivity contribution in [3.05, 3.63) is 54.1 Å². The SMILES string of the molecule is CCn1c(-c2nc3cc(C(=O)NC4CCCCN(C(=O)O)C4)ccc3n2C)cc2ccccc21. The lowest BCUT2D eigenvalue weighted by Crippen LogP contribution is -2.44. The second-order valence-electron chi connectivity index (χ2n) is 8.93. The molecule has 2 amide bonds. The number of rotatable bonds is 4. The maximum absolute atomic E-state index is 13.0. The van der Waals surface area contributed by atoms with Gasteiger partial charge in [-0.1, -0.05) is 18.2 Å². The van der Waals surface area contributed by atoms with Crippen molar-refractivity contribution >= 4 is 33.9 Å². The van der Waals surface area contributed by atoms with Crippen molar-refractivity contribution in [2.45, 2.75) is 38.8 Å². The highest BCUT2D eigenvalue weighted by Crippen LogP contribution is 2.30. The van der Waals surface area contributed by atoms with Crippen molar-refractivity contribution in [2.75, 3.05) is 13.1 Å². The van der Waals surface area contributed by atoms with Crippen molar-refractivity contribution in [2.24, 2.45) is 7.05 Å². The van der Waals surface area contributed by atoms with Crippen LogP contribution in [0.3, 0.4) is 0 Å². The van der Waals surface area contributed by atoms with Gasteiger partial charge in [-0.05, 0) is 56.5 Å². The molecule has 8 nitrogen and oxygen atoms in total. The van der Waals surface area contributed by atoms with Crippen molar-refractivity contribution in [3.8, 4) is 11.5 Å². The first kappa shape index (κ1) is 22.0. The van der Waals surface area contributed by atoms with Crippen LogP contribution >= 0.6 is 0 Å². The van der Waals surface area contributed by atoms with E-state index >= 15 is 0 Å². The molecule has 0 spiro atoms. The molecular formula is C26H29N5O3. The van der Waals surface area contributed by atoms with Crippen molar-refractivity contribution in [3.63, 3.8) is 0 Å². The molecule has 0 aliphatic carbocycles. The molecule has 1 saturated heterocycles. The normalized spacial score (nSPS) is 16.6. The molecule has 5 rings (SSSR count). The van der Waals surface area contributed by atoms with E-state index in [0.29, 0.717) is 18.7 Å². The maximum Gasteiger partial charge on any atom is 0.407 e. The van der Waals surface area contributed by atoms with E-state index in [0.717, 1.165) is 48.4 Å². The smallest absolute Gasteiger partial charge is 0.407 e. The van der Waals surface area contributed by atoms with E-state index in [2.05, 4.69) is 39.6 Å². The van der Waals surface area contributed by atoms with Crippen LogP contribution in [-0.4, -0.2) is 55.3 Å². The summed E-state index contributed by atoms with van der Waals surface area (Å²) in [7, 11) is 1.99. The van der Waals surface area contributed by atoms with Gasteiger partial charge in [0.15, 0.2) is 5.82 Å². The average Bonchev–Trinajstić information content (AvgIpc) is 3.26. The van der Waals surface area contributed by atoms with E-state index in [1.54, 1.807) is 0 Å². The van der Waals surface area contributed by atoms with Gasteiger partial charge in [0.2, 0.25) is 0 Å². The summed E-state index contributed by atoms with van der Waals surface area (Å²) in [5.41, 5.74) is 4.45. The van der Waals surface area contributed by atoms with Crippen molar-refractivity contribution < 1.29 is 14.7 Å². The fourth-order valence-corrected chi connectivity index (χ4v) is 5.01. The first-order valence-electron chi connectivity index (χ1n) is 11.8. The molecule has 1 aliphatic heterocycles. The third-order valence-electron chi connectivity index (χ3n) is 6.78. The number of carboxylic acid groups (broad SMARTS) is 1. The Morgan fingerprint density at radius 3 is 2.74 bits per heavy atom. The Morgan fingerprint density at radius 1 is 1.12 bits per heavy atom. The topological polar surface area (TPSA) is 92.4 Å². The Hall–Kier alpha value is -3.81. The zero-order chi connectivity index (χ0) is 23.8. The van der Waals surface area contributed by atoms with Crippen LogP contribution in [0.15, 0.2) is 48.5 Å². The largest absolute Gasteiger partial charge is 0.465 e. The summed E-state index contributed by atoms with van der Waals surface area (Å²) in [6.07, 6.45) is 1.54. The number of nitrogens with zero attached hydrogens (tertiary/aromatic N) is 4. The fourth-order valence-electron chi connectivity index (χ4n) is 5.01. The first-order chi connectivity index (χ1) is 16.5. The van der Waals surface area contributed by atoms with Gasteiger partial charge in [0.1, 0.15) is 0 Å². The predicted octanol–water partition coefficient (Wildman–Crippen LogP) is 4.48. The number of carbonyl (C=O) groups excluding carboxylic acids is 1. The molecule has 1 aliphatic rings. The molecule has 2 aromatic carbocycles. The highest BCUT2D eigenvalue weighted by molar-refractivity contribution is 5.98. The van der Waals surface area contributed by atoms with Crippen LogP contribution in [0.25, 0.3) is 33.5 Å². The second kappa shape index (κ2) is 8.85. The molecule has 1 unspecified atom stereocenters. The number of carbonyl (C=O) groups is 2. The summed E-state index contributed by atoms with van der Waals surface area (Å²) in [5, 5.41) is 13.6. The van der Waals surface area contributed by atoms with E-state index in [1.807, 2.05) is 37.4 Å². The number of benzene rings is 2. The van der Waals surface area contributed by atoms with Crippen molar-refractivity contribution in [1.82, 2.24) is 24.3 Å². The van der Waals surface area contributed by atoms with E-state index in [-0.39, 0.29) is 11.9 Å². The molecule has 2 aromatic heterocycles. The Kier molecular flexibility index (Phi) is 5.73. The van der Waals surface area contributed by atoms with Gasteiger partial charge in [0.25, 0.3) is 5.91 Å². The van der Waals surface area contributed by atoms with E-state index in [4.69, 9.17) is 4.98 Å². The number of hydrogen-bond donors (Lipinski definition) is 2. The van der Waals surface area contributed by atoms with Gasteiger partial charge < -0.3 is 24.5 Å². The molecule has 0 saturated carbocycles. The molecule has 1 fully saturated rings. The third-order valence-corrected chi connectivity index (χ3v) is 6.78. The number of aromatic nitrogens is 3. The maximum atomic E-state index is 13.0. The number of imidazole rings is 1. The highest BCUT2D eigenvalue weighted by Gasteiger charge is 2.24. The van der Waals surface area contributed by atoms with Gasteiger partial charge in [-0.15, -0.1) is 0 Å². The minimum Gasteiger partial charge on any atom is -0.465 e. The van der Waals surface area contributed by atoms with E-state index in [1.165, 1.54) is 15.8 Å². The summed E-state index contributed by atoms with van der Waals surface area (Å²) < 4.78 is 4.32. The lowest BCUT2D eigenvalue weighted by atomic mass is 10.1. The Bertz CT molecular complexity index is 1390. The minimum absolute atomic E-state index is 0.193. The Morgan fingerprint density at radius 2 is 1.94 bits per heavy atom. The number of para-hydroxylation sites is 1. The van der Waals surface area contributed by atoms with E-state index < -0.39 is 6.09 Å². The standard InChI is InChI=1S/C26H29N5O3/c1-3-31-21-10-5-4-8-17(21)15-23(31)24-28-20-14-18(11-12-22(20)29(24)2)25(32)27-19-9-6-7-13-30(16-19)26(33)34/h4-5,8,10-12,14-15,19H,3,6-7,9,13,16H2,1-2H3,(H,27,32)(H,33,34). The molecule has 0 radical (unpaired) electrons. The number of aryl methyl sites for hydroxylation is 2. The Labute approximate surface area is 197 Å². The minimum atomic E-state index is -0.937. The van der Waals surface area contributed by atoms with Gasteiger partial charge in [-0.2, -0.15) is 0 Å². The Balaban J connectivity index is 1.45. The van der Waals surface area contributed by atoms with Crippen LogP contribution in [0.5, 0.6) is 0 Å². The monoisotopic (exact) mass is 459 g/mol. The zero-order valence-corrected chi connectivity index (χ0v) is 19.5. The highest BCUT2D eigenvalue weighted by atomic mass is 16.4. The average molecular weight is 460 g/mol. The van der Waals surface area contributed by atoms with Gasteiger partial charge >= 0.3 is 6.09 Å². The lowest BCUT2D eigenvalue weighted by Gasteiger charge is -2.22. The second-order valence-corrected chi connectivity index (χ2v) is 8.93. The number of fused-ring (bicyclic) bond motifs is 2. The summed E-state index contributed by atoms with van der Waals surface area (Å²) in [6.45, 7) is 3.78. The molecular weight excluding hydrogens is 430 g/mol. The third kappa shape index (κ3) is 3.89. The first-order valence-corrected chi connectivity index (χ1v) is 11.8. The number of hydrogen-bond acceptors (Lipinski definition) is 3. The van der Waals surface area contributed by atoms with E-state index in [9.17, 15) is 14.7 Å². The van der Waals surface area contributed by atoms with Crippen LogP contribution in [0.2, 0.25) is 0 Å². The van der Waals surface area contributed by atoms with Crippen LogP contribution < -0.4 is 5.32 Å². The molecule has 34 heavy (non-hydrogen) atoms. The predicted molar refractivity (Wildman–Crippen MR) is 132 cm³/mol. The van der Waals surface area contributed by atoms with Gasteiger partial charge in [0, 0.05) is 49.2 Å². The summed E-state index contributed by atoms with van der Waals surface area (Å²) >= 11 is 0. The fraction of sp³-hybridized carbons (Fsp3) is 0.346. The molecule has 0 bridgehead atoms. The van der Waals surface area contributed by atoms with Gasteiger partial charge in [-0.3, -0.25) is 4.79 Å². The lowest BCUT2D eigenvalue weighted by molar-refractivity contribution is 0.0920. The summed E-state index contributed by atoms with van der Waals surface area (Å²) in [5.74, 6) is 0.653. The van der Waals surface area contributed by atoms with Crippen LogP contribution in [0, 0.1) is 0 Å². The number of likely N-dealkylation sites (tertiary alicyclic amines) is 1. The molecule has 3 heterocycles. The molecule has 8 heteroatoms. The quantitative estimate of drug-likeness (QED) is 0.471. The van der Waals surface area contributed by atoms with Crippen molar-refractivity contribution in [1.29, 1.82) is 0 Å². The van der Waals surface area contributed by atoms with Gasteiger partial charge in [-0.25, -0.2) is 9.78 Å². The summed E-state index contributed by atoms with van der Waals surface area (Å²) in [4.78, 5) is 30.7. The molecule has 4 aromatic rings. The molecule has 1 atom stereocenters. The number of nitrogens with one attached hydrogen (secondary N) is 1.